The summed E-state index contributed by atoms with van der Waals surface area (Å²) in [6.45, 7) is 5.62. The van der Waals surface area contributed by atoms with Gasteiger partial charge in [0.15, 0.2) is 6.23 Å². The number of piperazine rings is 1. The number of carbonyl (C=O) groups excluding carboxylic acids is 1. The van der Waals surface area contributed by atoms with Crippen LogP contribution in [0.25, 0.3) is 10.9 Å². The van der Waals surface area contributed by atoms with E-state index in [0.717, 1.165) is 80.4 Å². The average molecular weight is 649 g/mol. The predicted octanol–water partition coefficient (Wildman–Crippen LogP) is 5.27. The summed E-state index contributed by atoms with van der Waals surface area (Å²) in [4.78, 5) is 24.9. The third-order valence-electron chi connectivity index (χ3n) is 13.1. The van der Waals surface area contributed by atoms with Crippen molar-refractivity contribution < 1.29 is 19.7 Å². The first-order valence-electron chi connectivity index (χ1n) is 18.0. The number of terminal acetylenes is 1. The van der Waals surface area contributed by atoms with Crippen LogP contribution < -0.4 is 9.64 Å². The lowest BCUT2D eigenvalue weighted by Gasteiger charge is -2.52. The zero-order valence-electron chi connectivity index (χ0n) is 28.3. The standard InChI is InChI=1S/C40H48N4O4/c1-4-40(47)18-16-31-29-13-11-27-24-36(48-3)35(25-30(27)28(29)15-17-39(31,40)2)42-20-22-43(23-21-42)38(46)34-10-7-19-44(34)37(45)33-14-12-26-8-5-6-9-32(26)41-33/h1,5-6,8-9,12,14,24-25,28-29,31,34,37,45,47H,7,10-11,13,15-23H2,2-3H3/t28?,29?,31?,34-,37?,39-,40-/m0/s1. The predicted molar refractivity (Wildman–Crippen MR) is 187 cm³/mol. The Labute approximate surface area is 284 Å². The molecule has 1 amide bonds. The van der Waals surface area contributed by atoms with Gasteiger partial charge in [-0.3, -0.25) is 9.69 Å². The number of aryl methyl sites for hydroxylation is 1. The van der Waals surface area contributed by atoms with E-state index in [4.69, 9.17) is 16.1 Å². The van der Waals surface area contributed by atoms with E-state index in [0.29, 0.717) is 49.5 Å². The molecule has 5 aliphatic rings. The molecule has 3 heterocycles. The number of ether oxygens (including phenoxy) is 1. The van der Waals surface area contributed by atoms with Crippen molar-refractivity contribution in [1.29, 1.82) is 0 Å². The first kappa shape index (κ1) is 31.6. The summed E-state index contributed by atoms with van der Waals surface area (Å²) in [5.74, 6) is 5.24. The highest BCUT2D eigenvalue weighted by Gasteiger charge is 2.61. The molecule has 4 unspecified atom stereocenters. The molecular formula is C40H48N4O4. The number of hydrogen-bond donors (Lipinski definition) is 2. The second kappa shape index (κ2) is 12.0. The highest BCUT2D eigenvalue weighted by Crippen LogP contribution is 2.64. The summed E-state index contributed by atoms with van der Waals surface area (Å²) >= 11 is 0. The Bertz CT molecular complexity index is 1760. The zero-order valence-corrected chi connectivity index (χ0v) is 28.3. The number of amides is 1. The first-order valence-corrected chi connectivity index (χ1v) is 18.0. The van der Waals surface area contributed by atoms with Gasteiger partial charge in [-0.25, -0.2) is 4.98 Å². The summed E-state index contributed by atoms with van der Waals surface area (Å²) in [5, 5.41) is 23.8. The molecule has 8 rings (SSSR count). The molecule has 2 saturated heterocycles. The van der Waals surface area contributed by atoms with Crippen molar-refractivity contribution in [3.8, 4) is 18.1 Å². The second-order valence-corrected chi connectivity index (χ2v) is 15.1. The zero-order chi connectivity index (χ0) is 33.2. The van der Waals surface area contributed by atoms with Crippen LogP contribution in [0, 0.1) is 29.6 Å². The molecule has 0 spiro atoms. The number of nitrogens with zero attached hydrogens (tertiary/aromatic N) is 4. The first-order chi connectivity index (χ1) is 23.2. The fraction of sp³-hybridized carbons (Fsp3) is 0.550. The van der Waals surface area contributed by atoms with Crippen molar-refractivity contribution in [3.05, 3.63) is 65.4 Å². The van der Waals surface area contributed by atoms with Gasteiger partial charge in [0.2, 0.25) is 5.91 Å². The van der Waals surface area contributed by atoms with E-state index in [-0.39, 0.29) is 17.4 Å². The molecule has 3 aliphatic carbocycles. The summed E-state index contributed by atoms with van der Waals surface area (Å²) in [5.41, 5.74) is 4.17. The lowest BCUT2D eigenvalue weighted by atomic mass is 9.53. The molecule has 2 aliphatic heterocycles. The van der Waals surface area contributed by atoms with Crippen LogP contribution in [0.3, 0.4) is 0 Å². The number of aliphatic hydroxyl groups is 2. The summed E-state index contributed by atoms with van der Waals surface area (Å²) in [6, 6.07) is 16.1. The smallest absolute Gasteiger partial charge is 0.240 e. The highest BCUT2D eigenvalue weighted by molar-refractivity contribution is 5.83. The molecule has 4 fully saturated rings. The summed E-state index contributed by atoms with van der Waals surface area (Å²) in [6.07, 6.45) is 12.4. The molecule has 1 aromatic heterocycles. The number of likely N-dealkylation sites (tertiary alicyclic amines) is 1. The van der Waals surface area contributed by atoms with Crippen LogP contribution in [-0.4, -0.2) is 82.4 Å². The van der Waals surface area contributed by atoms with Crippen LogP contribution in [0.5, 0.6) is 5.75 Å². The average Bonchev–Trinajstić information content (AvgIpc) is 3.73. The van der Waals surface area contributed by atoms with Crippen molar-refractivity contribution in [2.45, 2.75) is 82.1 Å². The van der Waals surface area contributed by atoms with Gasteiger partial charge in [-0.1, -0.05) is 37.1 Å². The van der Waals surface area contributed by atoms with E-state index < -0.39 is 11.8 Å². The van der Waals surface area contributed by atoms with Gasteiger partial charge in [-0.2, -0.15) is 0 Å². The molecular weight excluding hydrogens is 600 g/mol. The quantitative estimate of drug-likeness (QED) is 0.365. The minimum Gasteiger partial charge on any atom is -0.495 e. The van der Waals surface area contributed by atoms with Crippen molar-refractivity contribution in [2.75, 3.05) is 44.7 Å². The number of benzene rings is 2. The number of pyridine rings is 1. The summed E-state index contributed by atoms with van der Waals surface area (Å²) in [7, 11) is 1.76. The highest BCUT2D eigenvalue weighted by atomic mass is 16.5. The number of fused-ring (bicyclic) bond motifs is 6. The van der Waals surface area contributed by atoms with Crippen molar-refractivity contribution >= 4 is 22.5 Å². The Morgan fingerprint density at radius 1 is 1.04 bits per heavy atom. The molecule has 8 heteroatoms. The number of aliphatic hydroxyl groups excluding tert-OH is 1. The van der Waals surface area contributed by atoms with E-state index >= 15 is 0 Å². The summed E-state index contributed by atoms with van der Waals surface area (Å²) < 4.78 is 5.97. The number of anilines is 1. The van der Waals surface area contributed by atoms with Crippen LogP contribution >= 0.6 is 0 Å². The van der Waals surface area contributed by atoms with E-state index in [1.165, 1.54) is 11.1 Å². The molecule has 0 radical (unpaired) electrons. The van der Waals surface area contributed by atoms with Gasteiger partial charge in [0.25, 0.3) is 0 Å². The van der Waals surface area contributed by atoms with Crippen molar-refractivity contribution in [2.24, 2.45) is 17.3 Å². The van der Waals surface area contributed by atoms with Gasteiger partial charge in [0.05, 0.1) is 30.0 Å². The number of carbonyl (C=O) groups is 1. The fourth-order valence-electron chi connectivity index (χ4n) is 10.4. The number of hydrogen-bond acceptors (Lipinski definition) is 7. The minimum atomic E-state index is -0.994. The minimum absolute atomic E-state index is 0.0981. The molecule has 0 bridgehead atoms. The number of aromatic nitrogens is 1. The van der Waals surface area contributed by atoms with E-state index in [9.17, 15) is 15.0 Å². The number of rotatable bonds is 5. The normalized spacial score (nSPS) is 32.3. The second-order valence-electron chi connectivity index (χ2n) is 15.1. The Hall–Kier alpha value is -3.64. The van der Waals surface area contributed by atoms with Gasteiger partial charge < -0.3 is 24.7 Å². The van der Waals surface area contributed by atoms with E-state index in [1.54, 1.807) is 7.11 Å². The van der Waals surface area contributed by atoms with Gasteiger partial charge in [0, 0.05) is 43.5 Å². The Balaban J connectivity index is 0.968. The molecule has 2 N–H and O–H groups in total. The molecule has 3 aromatic rings. The lowest BCUT2D eigenvalue weighted by Crippen LogP contribution is -2.54. The SMILES string of the molecule is C#C[C@]1(O)CCC2C3CCc4cc(OC)c(N5CCN(C(=O)[C@@H]6CCCN6C(O)c6ccc7ccccc7n6)CC5)cc4C3CC[C@@]21C. The van der Waals surface area contributed by atoms with Crippen LogP contribution in [0.4, 0.5) is 5.69 Å². The maximum Gasteiger partial charge on any atom is 0.240 e. The van der Waals surface area contributed by atoms with E-state index in [1.807, 2.05) is 46.2 Å². The Morgan fingerprint density at radius 3 is 2.65 bits per heavy atom. The third-order valence-corrected chi connectivity index (χ3v) is 13.1. The molecule has 8 nitrogen and oxygen atoms in total. The van der Waals surface area contributed by atoms with Gasteiger partial charge in [-0.05, 0) is 105 Å². The lowest BCUT2D eigenvalue weighted by molar-refractivity contribution is -0.140. The largest absolute Gasteiger partial charge is 0.495 e. The van der Waals surface area contributed by atoms with Gasteiger partial charge >= 0.3 is 0 Å². The third kappa shape index (κ3) is 4.92. The number of methoxy groups -OCH3 is 1. The molecule has 252 valence electrons. The Kier molecular flexibility index (Phi) is 7.94. The monoisotopic (exact) mass is 648 g/mol. The maximum absolute atomic E-state index is 13.9. The Morgan fingerprint density at radius 2 is 1.85 bits per heavy atom. The van der Waals surface area contributed by atoms with E-state index in [2.05, 4.69) is 29.9 Å². The van der Waals surface area contributed by atoms with Crippen molar-refractivity contribution in [3.63, 3.8) is 0 Å². The maximum atomic E-state index is 13.9. The molecule has 2 aromatic carbocycles. The van der Waals surface area contributed by atoms with Crippen LogP contribution in [0.15, 0.2) is 48.5 Å². The topological polar surface area (TPSA) is 89.4 Å². The fourth-order valence-corrected chi connectivity index (χ4v) is 10.4. The van der Waals surface area contributed by atoms with Crippen LogP contribution in [0.2, 0.25) is 0 Å². The molecule has 48 heavy (non-hydrogen) atoms. The van der Waals surface area contributed by atoms with Gasteiger partial charge in [-0.15, -0.1) is 6.42 Å². The number of para-hydroxylation sites is 1. The molecule has 7 atom stereocenters. The van der Waals surface area contributed by atoms with Crippen LogP contribution in [0.1, 0.15) is 80.8 Å². The van der Waals surface area contributed by atoms with Gasteiger partial charge in [0.1, 0.15) is 11.4 Å². The van der Waals surface area contributed by atoms with Crippen LogP contribution in [-0.2, 0) is 11.2 Å². The van der Waals surface area contributed by atoms with Crippen molar-refractivity contribution in [1.82, 2.24) is 14.8 Å². The molecule has 2 saturated carbocycles.